The Balaban J connectivity index is 2.92. The minimum absolute atomic E-state index is 0.122. The van der Waals surface area contributed by atoms with Gasteiger partial charge in [-0.05, 0) is 101 Å². The molecule has 11 amide bonds. The Morgan fingerprint density at radius 1 is 0.386 bits per heavy atom. The van der Waals surface area contributed by atoms with Gasteiger partial charge in [-0.25, -0.2) is 0 Å². The summed E-state index contributed by atoms with van der Waals surface area (Å²) in [6, 6.07) is -12.9. The first kappa shape index (κ1) is 73.2. The lowest BCUT2D eigenvalue weighted by Crippen LogP contribution is -2.63. The van der Waals surface area contributed by atoms with Gasteiger partial charge < -0.3 is 60.3 Å². The first-order valence-electron chi connectivity index (χ1n) is 29.9. The number of carbonyl (C=O) groups excluding carboxylic acids is 11. The molecule has 4 N–H and O–H groups in total. The Morgan fingerprint density at radius 2 is 0.759 bits per heavy atom. The fraction of sp³-hybridized carbons (Fsp3) is 0.817. The monoisotopic (exact) mass is 1170 g/mol. The van der Waals surface area contributed by atoms with Crippen LogP contribution >= 0.6 is 0 Å². The van der Waals surface area contributed by atoms with E-state index in [0.29, 0.717) is 13.0 Å². The van der Waals surface area contributed by atoms with Crippen LogP contribution in [0.2, 0.25) is 0 Å². The summed E-state index contributed by atoms with van der Waals surface area (Å²) in [4.78, 5) is 169. The van der Waals surface area contributed by atoms with E-state index in [4.69, 9.17) is 4.74 Å². The summed E-state index contributed by atoms with van der Waals surface area (Å²) in [6.07, 6.45) is 0.454. The van der Waals surface area contributed by atoms with Crippen molar-refractivity contribution >= 4 is 65.0 Å². The molecule has 0 unspecified atom stereocenters. The normalized spacial score (nSPS) is 30.0. The van der Waals surface area contributed by atoms with Gasteiger partial charge in [-0.15, -0.1) is 0 Å². The first-order chi connectivity index (χ1) is 38.2. The van der Waals surface area contributed by atoms with E-state index >= 15 is 9.59 Å². The zero-order valence-corrected chi connectivity index (χ0v) is 54.7. The van der Waals surface area contributed by atoms with Crippen molar-refractivity contribution in [1.82, 2.24) is 55.6 Å². The van der Waals surface area contributed by atoms with Crippen molar-refractivity contribution in [3.05, 3.63) is 0 Å². The van der Waals surface area contributed by atoms with Crippen molar-refractivity contribution < 1.29 is 57.5 Å². The molecule has 23 heteroatoms. The molecule has 13 atom stereocenters. The molecule has 0 aromatic rings. The van der Waals surface area contributed by atoms with E-state index in [2.05, 4.69) is 21.3 Å². The zero-order chi connectivity index (χ0) is 64.1. The van der Waals surface area contributed by atoms with Gasteiger partial charge in [-0.1, -0.05) is 90.0 Å². The third-order valence-corrected chi connectivity index (χ3v) is 16.4. The van der Waals surface area contributed by atoms with Crippen molar-refractivity contribution in [2.24, 2.45) is 41.4 Å². The van der Waals surface area contributed by atoms with Crippen LogP contribution in [0.4, 0.5) is 0 Å². The van der Waals surface area contributed by atoms with Crippen LogP contribution < -0.4 is 21.3 Å². The van der Waals surface area contributed by atoms with E-state index in [-0.39, 0.29) is 55.3 Å². The lowest BCUT2D eigenvalue weighted by molar-refractivity contribution is -0.157. The lowest BCUT2D eigenvalue weighted by Gasteiger charge is -2.41. The summed E-state index contributed by atoms with van der Waals surface area (Å²) in [7, 11) is 10.2. The molecule has 83 heavy (non-hydrogen) atoms. The lowest BCUT2D eigenvalue weighted by atomic mass is 9.93. The number of hydrogen-bond acceptors (Lipinski definition) is 12. The highest BCUT2D eigenvalue weighted by atomic mass is 16.5. The highest BCUT2D eigenvalue weighted by Gasteiger charge is 2.47. The van der Waals surface area contributed by atoms with Crippen LogP contribution in [0, 0.1) is 41.4 Å². The minimum Gasteiger partial charge on any atom is -0.375 e. The number of amides is 11. The number of carbonyl (C=O) groups is 11. The molecule has 0 aromatic carbocycles. The van der Waals surface area contributed by atoms with Crippen molar-refractivity contribution in [2.45, 2.75) is 222 Å². The predicted molar refractivity (Wildman–Crippen MR) is 317 cm³/mol. The Bertz CT molecular complexity index is 2290. The van der Waals surface area contributed by atoms with Gasteiger partial charge in [-0.2, -0.15) is 0 Å². The molecule has 0 radical (unpaired) electrons. The molecule has 2 aliphatic rings. The van der Waals surface area contributed by atoms with Gasteiger partial charge in [0, 0.05) is 55.9 Å². The van der Waals surface area contributed by atoms with Crippen molar-refractivity contribution in [1.29, 1.82) is 0 Å². The van der Waals surface area contributed by atoms with Crippen molar-refractivity contribution in [3.8, 4) is 0 Å². The average molecular weight is 1170 g/mol. The largest absolute Gasteiger partial charge is 0.375 e. The van der Waals surface area contributed by atoms with Crippen LogP contribution in [0.15, 0.2) is 0 Å². The number of rotatable bonds is 11. The highest BCUT2D eigenvalue weighted by Crippen LogP contribution is 2.29. The van der Waals surface area contributed by atoms with E-state index in [9.17, 15) is 43.2 Å². The van der Waals surface area contributed by atoms with Gasteiger partial charge in [-0.3, -0.25) is 52.7 Å². The second-order valence-corrected chi connectivity index (χ2v) is 26.1. The van der Waals surface area contributed by atoms with Crippen LogP contribution in [0.25, 0.3) is 0 Å². The number of nitrogens with one attached hydrogen (secondary N) is 4. The minimum atomic E-state index is -1.29. The maximum absolute atomic E-state index is 15.1. The molecule has 2 heterocycles. The number of hydrogen-bond donors (Lipinski definition) is 4. The summed E-state index contributed by atoms with van der Waals surface area (Å²) in [5.74, 6) is -8.71. The maximum Gasteiger partial charge on any atom is 0.246 e. The fourth-order valence-electron chi connectivity index (χ4n) is 11.0. The molecule has 474 valence electrons. The Kier molecular flexibility index (Phi) is 28.1. The van der Waals surface area contributed by atoms with Crippen LogP contribution in [0.1, 0.15) is 150 Å². The number of nitrogens with zero attached hydrogens (tertiary/aromatic N) is 7. The molecule has 2 saturated heterocycles. The molecular formula is C60H107N11O12. The standard InChI is InChI=1S/C60H107N11O12/c1-31(2)27-42-51(73)61-38(14)50(72)62-40(16)55(77)68(21)44(29-33(5)6)57(79)69(22)45(30-34(7)8)58(80)70(23)47(36(11)12)60(82)71(24)48(49-37(13)25-26-83-49)53(75)63-39(15)54(76)65(18)41(17)56(78)66(19)43(28-32(3)4)52(74)64-46(35(9)10)59(81)67(42)20/h31-49H,25-30H2,1-24H3,(H,61,73)(H,62,72)(H,63,75)(H,64,74)/t37-,38-,39-,40+,41-,42-,43+,44+,45-,46-,47-,48-,49-/m1/s1. The molecule has 23 nitrogen and oxygen atoms in total. The van der Waals surface area contributed by atoms with Gasteiger partial charge in [0.05, 0.1) is 6.10 Å². The van der Waals surface area contributed by atoms with E-state index in [1.165, 1.54) is 111 Å². The van der Waals surface area contributed by atoms with Crippen LogP contribution in [-0.2, 0) is 57.5 Å². The van der Waals surface area contributed by atoms with Crippen LogP contribution in [-0.4, -0.2) is 228 Å². The molecular weight excluding hydrogens is 1070 g/mol. The third kappa shape index (κ3) is 19.1. The van der Waals surface area contributed by atoms with Crippen LogP contribution in [0.3, 0.4) is 0 Å². The molecule has 0 saturated carbocycles. The Morgan fingerprint density at radius 3 is 1.18 bits per heavy atom. The molecule has 2 fully saturated rings. The molecule has 0 bridgehead atoms. The highest BCUT2D eigenvalue weighted by molar-refractivity contribution is 6.00. The fourth-order valence-corrected chi connectivity index (χ4v) is 11.0. The second kappa shape index (κ2) is 31.9. The topological polar surface area (TPSA) is 268 Å². The quantitative estimate of drug-likeness (QED) is 0.233. The smallest absolute Gasteiger partial charge is 0.246 e. The molecule has 0 aliphatic carbocycles. The summed E-state index contributed by atoms with van der Waals surface area (Å²) in [5.41, 5.74) is 0. The summed E-state index contributed by atoms with van der Waals surface area (Å²) in [6.45, 7) is 30.1. The SMILES string of the molecule is CC(C)C[C@@H]1C(=O)N[C@H](C)C(=O)N[C@@H](C)C(=O)N(C)[C@@H](CC(C)C)C(=O)N(C)[C@H](CC(C)C)C(=O)N(C)[C@H](C(C)C)C(=O)N(C)[C@H]([C@@H]2OCC[C@H]2C)C(=O)N[C@H](C)C(=O)N(C)[C@H](C)C(=O)N(C)[C@@H](CC(C)C)C(=O)N[C@H](C(C)C)C(=O)N1C. The number of ether oxygens (including phenoxy) is 1. The van der Waals surface area contributed by atoms with Gasteiger partial charge in [0.15, 0.2) is 0 Å². The molecule has 2 aliphatic heterocycles. The van der Waals surface area contributed by atoms with Crippen LogP contribution in [0.5, 0.6) is 0 Å². The average Bonchev–Trinajstić information content (AvgIpc) is 4.08. The van der Waals surface area contributed by atoms with Crippen molar-refractivity contribution in [3.63, 3.8) is 0 Å². The summed E-state index contributed by atoms with van der Waals surface area (Å²) in [5, 5.41) is 11.0. The van der Waals surface area contributed by atoms with Gasteiger partial charge in [0.25, 0.3) is 0 Å². The van der Waals surface area contributed by atoms with E-state index in [0.717, 1.165) is 0 Å². The zero-order valence-electron chi connectivity index (χ0n) is 54.7. The third-order valence-electron chi connectivity index (χ3n) is 16.4. The van der Waals surface area contributed by atoms with Gasteiger partial charge in [0.2, 0.25) is 65.0 Å². The molecule has 0 spiro atoms. The number of likely N-dealkylation sites (N-methyl/N-ethyl adjacent to an activating group) is 7. The second-order valence-electron chi connectivity index (χ2n) is 26.1. The maximum atomic E-state index is 15.1. The van der Waals surface area contributed by atoms with E-state index < -0.39 is 149 Å². The Labute approximate surface area is 496 Å². The first-order valence-corrected chi connectivity index (χ1v) is 29.9. The van der Waals surface area contributed by atoms with Crippen molar-refractivity contribution in [2.75, 3.05) is 55.9 Å². The Hall–Kier alpha value is -5.87. The summed E-state index contributed by atoms with van der Waals surface area (Å²) >= 11 is 0. The van der Waals surface area contributed by atoms with Gasteiger partial charge in [0.1, 0.15) is 66.5 Å². The van der Waals surface area contributed by atoms with E-state index in [1.54, 1.807) is 27.7 Å². The molecule has 0 aromatic heterocycles. The summed E-state index contributed by atoms with van der Waals surface area (Å²) < 4.78 is 6.14. The van der Waals surface area contributed by atoms with E-state index in [1.807, 2.05) is 62.3 Å². The van der Waals surface area contributed by atoms with Gasteiger partial charge >= 0.3 is 0 Å². The molecule has 2 rings (SSSR count). The predicted octanol–water partition coefficient (Wildman–Crippen LogP) is 2.73.